The number of aliphatic imine (C=N–C) groups is 1. The molecule has 1 aliphatic heterocycles. The van der Waals surface area contributed by atoms with E-state index in [0.717, 1.165) is 25.7 Å². The van der Waals surface area contributed by atoms with Crippen molar-refractivity contribution in [1.29, 1.82) is 0 Å². The van der Waals surface area contributed by atoms with Crippen LogP contribution in [0, 0.1) is 5.92 Å². The second-order valence-electron chi connectivity index (χ2n) is 5.13. The molecule has 5 nitrogen and oxygen atoms in total. The predicted octanol–water partition coefficient (Wildman–Crippen LogP) is 1.33. The molecule has 0 radical (unpaired) electrons. The average molecular weight is 383 g/mol. The lowest BCUT2D eigenvalue weighted by atomic mass is 10.1. The summed E-state index contributed by atoms with van der Waals surface area (Å²) in [6.07, 6.45) is 3.77. The number of hydrogen-bond donors (Lipinski definition) is 1. The van der Waals surface area contributed by atoms with Crippen molar-refractivity contribution in [1.82, 2.24) is 10.2 Å². The summed E-state index contributed by atoms with van der Waals surface area (Å²) in [6, 6.07) is 0.667. The average Bonchev–Trinajstić information content (AvgIpc) is 3.09. The van der Waals surface area contributed by atoms with Gasteiger partial charge in [0.05, 0.1) is 19.8 Å². The third-order valence-corrected chi connectivity index (χ3v) is 3.49. The summed E-state index contributed by atoms with van der Waals surface area (Å²) in [7, 11) is 3.57. The quantitative estimate of drug-likeness (QED) is 0.325. The van der Waals surface area contributed by atoms with Crippen LogP contribution in [-0.2, 0) is 9.47 Å². The van der Waals surface area contributed by atoms with Crippen LogP contribution in [0.25, 0.3) is 0 Å². The maximum atomic E-state index is 5.60. The van der Waals surface area contributed by atoms with E-state index in [1.54, 1.807) is 7.11 Å². The first kappa shape index (κ1) is 17.0. The molecule has 6 heteroatoms. The molecule has 1 unspecified atom stereocenters. The largest absolute Gasteiger partial charge is 0.382 e. The third kappa shape index (κ3) is 5.83. The van der Waals surface area contributed by atoms with Crippen molar-refractivity contribution in [2.24, 2.45) is 10.9 Å². The molecule has 112 valence electrons. The minimum atomic E-state index is 0. The SMILES string of the molecule is CN=C(NC1CC1)N1CCC(COCCOC)C1.I. The normalized spacial score (nSPS) is 23.4. The highest BCUT2D eigenvalue weighted by Gasteiger charge is 2.28. The molecule has 0 aromatic heterocycles. The first-order valence-corrected chi connectivity index (χ1v) is 6.88. The number of methoxy groups -OCH3 is 1. The lowest BCUT2D eigenvalue weighted by Crippen LogP contribution is -2.41. The molecular weight excluding hydrogens is 357 g/mol. The van der Waals surface area contributed by atoms with E-state index in [9.17, 15) is 0 Å². The molecule has 1 aliphatic carbocycles. The predicted molar refractivity (Wildman–Crippen MR) is 87.3 cm³/mol. The standard InChI is InChI=1S/C13H25N3O2.HI/c1-14-13(15-12-3-4-12)16-6-5-11(9-16)10-18-8-7-17-2;/h11-12H,3-10H2,1-2H3,(H,14,15);1H. The minimum absolute atomic E-state index is 0. The number of halogens is 1. The Morgan fingerprint density at radius 3 is 2.74 bits per heavy atom. The van der Waals surface area contributed by atoms with Crippen LogP contribution in [0.15, 0.2) is 4.99 Å². The Hall–Kier alpha value is -0.0800. The van der Waals surface area contributed by atoms with Crippen molar-refractivity contribution in [2.45, 2.75) is 25.3 Å². The van der Waals surface area contributed by atoms with Gasteiger partial charge in [0.2, 0.25) is 0 Å². The molecule has 0 aromatic rings. The molecule has 1 atom stereocenters. The zero-order chi connectivity index (χ0) is 12.8. The van der Waals surface area contributed by atoms with Gasteiger partial charge in [0.1, 0.15) is 0 Å². The van der Waals surface area contributed by atoms with Gasteiger partial charge < -0.3 is 19.7 Å². The summed E-state index contributed by atoms with van der Waals surface area (Å²) in [5.41, 5.74) is 0. The van der Waals surface area contributed by atoms with E-state index in [4.69, 9.17) is 9.47 Å². The zero-order valence-electron chi connectivity index (χ0n) is 11.9. The number of likely N-dealkylation sites (tertiary alicyclic amines) is 1. The van der Waals surface area contributed by atoms with Gasteiger partial charge >= 0.3 is 0 Å². The van der Waals surface area contributed by atoms with E-state index in [-0.39, 0.29) is 24.0 Å². The van der Waals surface area contributed by atoms with Crippen molar-refractivity contribution in [3.05, 3.63) is 0 Å². The fourth-order valence-corrected chi connectivity index (χ4v) is 2.26. The number of nitrogens with zero attached hydrogens (tertiary/aromatic N) is 2. The zero-order valence-corrected chi connectivity index (χ0v) is 14.3. The summed E-state index contributed by atoms with van der Waals surface area (Å²) in [6.45, 7) is 4.35. The maximum Gasteiger partial charge on any atom is 0.193 e. The Labute approximate surface area is 133 Å². The van der Waals surface area contributed by atoms with Crippen LogP contribution in [0.1, 0.15) is 19.3 Å². The van der Waals surface area contributed by atoms with Gasteiger partial charge in [-0.2, -0.15) is 0 Å². The molecule has 0 aromatic carbocycles. The molecule has 1 heterocycles. The molecule has 1 saturated carbocycles. The molecule has 0 amide bonds. The van der Waals surface area contributed by atoms with E-state index in [1.165, 1.54) is 19.3 Å². The second-order valence-corrected chi connectivity index (χ2v) is 5.13. The maximum absolute atomic E-state index is 5.60. The molecule has 0 spiro atoms. The summed E-state index contributed by atoms with van der Waals surface area (Å²) in [4.78, 5) is 6.71. The smallest absolute Gasteiger partial charge is 0.193 e. The van der Waals surface area contributed by atoms with Crippen LogP contribution in [-0.4, -0.2) is 64.0 Å². The second kappa shape index (κ2) is 8.97. The summed E-state index contributed by atoms with van der Waals surface area (Å²) in [5, 5.41) is 3.49. The van der Waals surface area contributed by atoms with Gasteiger partial charge in [0.25, 0.3) is 0 Å². The Balaban J connectivity index is 0.00000180. The van der Waals surface area contributed by atoms with E-state index < -0.39 is 0 Å². The number of nitrogens with one attached hydrogen (secondary N) is 1. The van der Waals surface area contributed by atoms with Crippen LogP contribution >= 0.6 is 24.0 Å². The first-order valence-electron chi connectivity index (χ1n) is 6.88. The topological polar surface area (TPSA) is 46.1 Å². The van der Waals surface area contributed by atoms with Crippen LogP contribution in [0.5, 0.6) is 0 Å². The number of rotatable bonds is 6. The fraction of sp³-hybridized carbons (Fsp3) is 0.923. The van der Waals surface area contributed by atoms with Crippen LogP contribution in [0.3, 0.4) is 0 Å². The molecule has 2 rings (SSSR count). The Morgan fingerprint density at radius 2 is 2.11 bits per heavy atom. The number of ether oxygens (including phenoxy) is 2. The highest BCUT2D eigenvalue weighted by Crippen LogP contribution is 2.21. The molecule has 19 heavy (non-hydrogen) atoms. The van der Waals surface area contributed by atoms with Gasteiger partial charge in [-0.1, -0.05) is 0 Å². The van der Waals surface area contributed by atoms with Crippen LogP contribution < -0.4 is 5.32 Å². The highest BCUT2D eigenvalue weighted by molar-refractivity contribution is 14.0. The van der Waals surface area contributed by atoms with Crippen molar-refractivity contribution in [3.8, 4) is 0 Å². The molecule has 1 N–H and O–H groups in total. The van der Waals surface area contributed by atoms with E-state index in [1.807, 2.05) is 7.05 Å². The first-order chi connectivity index (χ1) is 8.83. The molecule has 0 bridgehead atoms. The monoisotopic (exact) mass is 383 g/mol. The van der Waals surface area contributed by atoms with E-state index in [2.05, 4.69) is 15.2 Å². The van der Waals surface area contributed by atoms with Gasteiger partial charge in [-0.05, 0) is 19.3 Å². The van der Waals surface area contributed by atoms with Crippen LogP contribution in [0.2, 0.25) is 0 Å². The van der Waals surface area contributed by atoms with E-state index >= 15 is 0 Å². The van der Waals surface area contributed by atoms with Crippen LogP contribution in [0.4, 0.5) is 0 Å². The van der Waals surface area contributed by atoms with Gasteiger partial charge in [0.15, 0.2) is 5.96 Å². The minimum Gasteiger partial charge on any atom is -0.382 e. The Bertz CT molecular complexity index is 285. The summed E-state index contributed by atoms with van der Waals surface area (Å²) >= 11 is 0. The summed E-state index contributed by atoms with van der Waals surface area (Å²) < 4.78 is 10.6. The van der Waals surface area contributed by atoms with Gasteiger partial charge in [-0.3, -0.25) is 4.99 Å². The summed E-state index contributed by atoms with van der Waals surface area (Å²) in [5.74, 6) is 1.69. The Kier molecular flexibility index (Phi) is 8.01. The molecule has 1 saturated heterocycles. The number of hydrogen-bond acceptors (Lipinski definition) is 3. The number of guanidine groups is 1. The van der Waals surface area contributed by atoms with Gasteiger partial charge in [-0.15, -0.1) is 24.0 Å². The lowest BCUT2D eigenvalue weighted by Gasteiger charge is -2.21. The molecule has 2 fully saturated rings. The van der Waals surface area contributed by atoms with Gasteiger partial charge in [-0.25, -0.2) is 0 Å². The van der Waals surface area contributed by atoms with E-state index in [0.29, 0.717) is 25.2 Å². The van der Waals surface area contributed by atoms with Crippen molar-refractivity contribution in [2.75, 3.05) is 47.1 Å². The molecule has 2 aliphatic rings. The lowest BCUT2D eigenvalue weighted by molar-refractivity contribution is 0.0536. The Morgan fingerprint density at radius 1 is 1.32 bits per heavy atom. The highest BCUT2D eigenvalue weighted by atomic mass is 127. The fourth-order valence-electron chi connectivity index (χ4n) is 2.26. The molecular formula is C13H26IN3O2. The van der Waals surface area contributed by atoms with Gasteiger partial charge in [0, 0.05) is 39.2 Å². The van der Waals surface area contributed by atoms with Crippen molar-refractivity contribution in [3.63, 3.8) is 0 Å². The van der Waals surface area contributed by atoms with Crippen molar-refractivity contribution >= 4 is 29.9 Å². The van der Waals surface area contributed by atoms with Crippen molar-refractivity contribution < 1.29 is 9.47 Å². The third-order valence-electron chi connectivity index (χ3n) is 3.49.